The van der Waals surface area contributed by atoms with Gasteiger partial charge in [-0.05, 0) is 32.3 Å². The first-order valence-corrected chi connectivity index (χ1v) is 4.77. The maximum Gasteiger partial charge on any atom is 0.106 e. The van der Waals surface area contributed by atoms with E-state index in [0.29, 0.717) is 5.92 Å². The molecular formula is C11H19NO. The quantitative estimate of drug-likeness (QED) is 0.762. The van der Waals surface area contributed by atoms with Crippen LogP contribution in [0.5, 0.6) is 0 Å². The molecule has 0 fully saturated rings. The Morgan fingerprint density at radius 3 is 1.92 bits per heavy atom. The van der Waals surface area contributed by atoms with E-state index in [0.717, 1.165) is 11.5 Å². The van der Waals surface area contributed by atoms with Crippen molar-refractivity contribution in [3.63, 3.8) is 0 Å². The fourth-order valence-electron chi connectivity index (χ4n) is 1.63. The maximum atomic E-state index is 6.09. The van der Waals surface area contributed by atoms with Crippen LogP contribution in [-0.2, 0) is 0 Å². The van der Waals surface area contributed by atoms with Gasteiger partial charge in [-0.25, -0.2) is 0 Å². The van der Waals surface area contributed by atoms with Gasteiger partial charge in [0.1, 0.15) is 11.5 Å². The van der Waals surface area contributed by atoms with Gasteiger partial charge in [-0.1, -0.05) is 13.8 Å². The molecule has 13 heavy (non-hydrogen) atoms. The van der Waals surface area contributed by atoms with E-state index in [-0.39, 0.29) is 6.04 Å². The summed E-state index contributed by atoms with van der Waals surface area (Å²) in [6.07, 6.45) is 0. The zero-order valence-corrected chi connectivity index (χ0v) is 9.14. The Morgan fingerprint density at radius 1 is 1.08 bits per heavy atom. The lowest BCUT2D eigenvalue weighted by atomic mass is 9.94. The summed E-state index contributed by atoms with van der Waals surface area (Å²) in [6.45, 7) is 10.3. The second-order valence-electron chi connectivity index (χ2n) is 4.02. The van der Waals surface area contributed by atoms with Crippen LogP contribution >= 0.6 is 0 Å². The molecule has 2 N–H and O–H groups in total. The first-order chi connectivity index (χ1) is 5.95. The zero-order valence-electron chi connectivity index (χ0n) is 9.14. The molecular weight excluding hydrogens is 162 g/mol. The summed E-state index contributed by atoms with van der Waals surface area (Å²) in [4.78, 5) is 0. The molecule has 0 radical (unpaired) electrons. The minimum atomic E-state index is 0.0949. The van der Waals surface area contributed by atoms with Crippen molar-refractivity contribution in [3.05, 3.63) is 22.6 Å². The largest absolute Gasteiger partial charge is 0.466 e. The molecule has 1 aromatic heterocycles. The van der Waals surface area contributed by atoms with Crippen LogP contribution in [0, 0.1) is 26.7 Å². The van der Waals surface area contributed by atoms with Crippen molar-refractivity contribution >= 4 is 0 Å². The van der Waals surface area contributed by atoms with Crippen LogP contribution in [0.1, 0.15) is 42.5 Å². The SMILES string of the molecule is Cc1oc(C)c(C(N)C(C)C)c1C. The van der Waals surface area contributed by atoms with Gasteiger partial charge in [-0.3, -0.25) is 0 Å². The van der Waals surface area contributed by atoms with E-state index in [1.165, 1.54) is 11.1 Å². The Hall–Kier alpha value is -0.760. The standard InChI is InChI=1S/C11H19NO/c1-6(2)11(12)10-7(3)8(4)13-9(10)5/h6,11H,12H2,1-5H3. The van der Waals surface area contributed by atoms with Crippen LogP contribution in [0.3, 0.4) is 0 Å². The van der Waals surface area contributed by atoms with E-state index in [9.17, 15) is 0 Å². The molecule has 0 bridgehead atoms. The molecule has 1 atom stereocenters. The molecule has 0 saturated heterocycles. The van der Waals surface area contributed by atoms with E-state index < -0.39 is 0 Å². The average Bonchev–Trinajstić information content (AvgIpc) is 2.26. The third-order valence-electron chi connectivity index (χ3n) is 2.67. The van der Waals surface area contributed by atoms with Crippen molar-refractivity contribution in [2.75, 3.05) is 0 Å². The van der Waals surface area contributed by atoms with Gasteiger partial charge in [0.2, 0.25) is 0 Å². The number of rotatable bonds is 2. The normalized spacial score (nSPS) is 13.8. The van der Waals surface area contributed by atoms with Crippen molar-refractivity contribution in [1.82, 2.24) is 0 Å². The summed E-state index contributed by atoms with van der Waals surface area (Å²) in [5.41, 5.74) is 8.49. The van der Waals surface area contributed by atoms with Crippen molar-refractivity contribution in [2.24, 2.45) is 11.7 Å². The smallest absolute Gasteiger partial charge is 0.106 e. The Labute approximate surface area is 80.1 Å². The highest BCUT2D eigenvalue weighted by Crippen LogP contribution is 2.29. The van der Waals surface area contributed by atoms with Crippen LogP contribution in [0.15, 0.2) is 4.42 Å². The summed E-state index contributed by atoms with van der Waals surface area (Å²) >= 11 is 0. The predicted molar refractivity (Wildman–Crippen MR) is 54.7 cm³/mol. The third-order valence-corrected chi connectivity index (χ3v) is 2.67. The molecule has 1 unspecified atom stereocenters. The maximum absolute atomic E-state index is 6.09. The van der Waals surface area contributed by atoms with Gasteiger partial charge >= 0.3 is 0 Å². The molecule has 0 saturated carbocycles. The second-order valence-corrected chi connectivity index (χ2v) is 4.02. The summed E-state index contributed by atoms with van der Waals surface area (Å²) in [7, 11) is 0. The van der Waals surface area contributed by atoms with Gasteiger partial charge in [0, 0.05) is 11.6 Å². The van der Waals surface area contributed by atoms with E-state index in [1.54, 1.807) is 0 Å². The van der Waals surface area contributed by atoms with Crippen molar-refractivity contribution in [2.45, 2.75) is 40.7 Å². The van der Waals surface area contributed by atoms with E-state index in [2.05, 4.69) is 20.8 Å². The topological polar surface area (TPSA) is 39.2 Å². The lowest BCUT2D eigenvalue weighted by Crippen LogP contribution is -2.17. The van der Waals surface area contributed by atoms with Gasteiger partial charge in [0.05, 0.1) is 0 Å². The van der Waals surface area contributed by atoms with Crippen LogP contribution < -0.4 is 5.73 Å². The average molecular weight is 181 g/mol. The van der Waals surface area contributed by atoms with Crippen molar-refractivity contribution in [3.8, 4) is 0 Å². The minimum absolute atomic E-state index is 0.0949. The Bertz CT molecular complexity index is 299. The zero-order chi connectivity index (χ0) is 10.2. The van der Waals surface area contributed by atoms with Gasteiger partial charge < -0.3 is 10.2 Å². The van der Waals surface area contributed by atoms with Gasteiger partial charge in [0.15, 0.2) is 0 Å². The molecule has 0 spiro atoms. The molecule has 1 rings (SSSR count). The number of hydrogen-bond acceptors (Lipinski definition) is 2. The number of aryl methyl sites for hydroxylation is 2. The van der Waals surface area contributed by atoms with E-state index in [1.807, 2.05) is 13.8 Å². The first kappa shape index (κ1) is 10.3. The van der Waals surface area contributed by atoms with Crippen molar-refractivity contribution in [1.29, 1.82) is 0 Å². The molecule has 0 aliphatic rings. The highest BCUT2D eigenvalue weighted by molar-refractivity contribution is 5.34. The second kappa shape index (κ2) is 3.54. The van der Waals surface area contributed by atoms with Crippen LogP contribution in [-0.4, -0.2) is 0 Å². The summed E-state index contributed by atoms with van der Waals surface area (Å²) < 4.78 is 5.54. The number of furan rings is 1. The van der Waals surface area contributed by atoms with Crippen LogP contribution in [0.4, 0.5) is 0 Å². The fourth-order valence-corrected chi connectivity index (χ4v) is 1.63. The number of nitrogens with two attached hydrogens (primary N) is 1. The Kier molecular flexibility index (Phi) is 2.81. The molecule has 2 nitrogen and oxygen atoms in total. The predicted octanol–water partition coefficient (Wildman–Crippen LogP) is 2.86. The first-order valence-electron chi connectivity index (χ1n) is 4.77. The fraction of sp³-hybridized carbons (Fsp3) is 0.636. The van der Waals surface area contributed by atoms with E-state index >= 15 is 0 Å². The molecule has 0 aliphatic carbocycles. The summed E-state index contributed by atoms with van der Waals surface area (Å²) in [5.74, 6) is 2.41. The third kappa shape index (κ3) is 1.78. The molecule has 2 heteroatoms. The highest BCUT2D eigenvalue weighted by atomic mass is 16.3. The van der Waals surface area contributed by atoms with Crippen LogP contribution in [0.2, 0.25) is 0 Å². The van der Waals surface area contributed by atoms with Crippen molar-refractivity contribution < 1.29 is 4.42 Å². The number of hydrogen-bond donors (Lipinski definition) is 1. The molecule has 0 amide bonds. The molecule has 1 aromatic rings. The summed E-state index contributed by atoms with van der Waals surface area (Å²) in [6, 6.07) is 0.0949. The Morgan fingerprint density at radius 2 is 1.62 bits per heavy atom. The van der Waals surface area contributed by atoms with Crippen LogP contribution in [0.25, 0.3) is 0 Å². The highest BCUT2D eigenvalue weighted by Gasteiger charge is 2.19. The van der Waals surface area contributed by atoms with E-state index in [4.69, 9.17) is 10.2 Å². The van der Waals surface area contributed by atoms with Gasteiger partial charge in [-0.2, -0.15) is 0 Å². The molecule has 0 aliphatic heterocycles. The lowest BCUT2D eigenvalue weighted by molar-refractivity contribution is 0.474. The monoisotopic (exact) mass is 181 g/mol. The molecule has 0 aromatic carbocycles. The molecule has 74 valence electrons. The Balaban J connectivity index is 3.13. The summed E-state index contributed by atoms with van der Waals surface area (Å²) in [5, 5.41) is 0. The lowest BCUT2D eigenvalue weighted by Gasteiger charge is -2.15. The minimum Gasteiger partial charge on any atom is -0.466 e. The van der Waals surface area contributed by atoms with Gasteiger partial charge in [0.25, 0.3) is 0 Å². The molecule has 1 heterocycles. The van der Waals surface area contributed by atoms with Gasteiger partial charge in [-0.15, -0.1) is 0 Å².